The van der Waals surface area contributed by atoms with Gasteiger partial charge in [-0.25, -0.2) is 4.68 Å². The first-order valence-corrected chi connectivity index (χ1v) is 4.14. The molecule has 0 aliphatic heterocycles. The van der Waals surface area contributed by atoms with Gasteiger partial charge in [0.05, 0.1) is 16.4 Å². The monoisotopic (exact) mass is 252 g/mol. The minimum Gasteiger partial charge on any atom is -0.477 e. The van der Waals surface area contributed by atoms with Gasteiger partial charge < -0.3 is 4.74 Å². The summed E-state index contributed by atoms with van der Waals surface area (Å²) < 4.78 is 8.09. The fourth-order valence-corrected chi connectivity index (χ4v) is 1.33. The Morgan fingerprint density at radius 2 is 2.50 bits per heavy atom. The van der Waals surface area contributed by atoms with Crippen molar-refractivity contribution in [3.05, 3.63) is 9.77 Å². The normalized spacial score (nSPS) is 9.90. The largest absolute Gasteiger partial charge is 0.477 e. The lowest BCUT2D eigenvalue weighted by atomic mass is 10.7. The minimum atomic E-state index is 0.690. The van der Waals surface area contributed by atoms with E-state index in [0.717, 1.165) is 9.45 Å². The molecule has 0 spiro atoms. The average Bonchev–Trinajstić information content (AvgIpc) is 2.20. The third-order valence-corrected chi connectivity index (χ3v) is 1.86. The van der Waals surface area contributed by atoms with E-state index in [1.807, 2.05) is 14.0 Å². The van der Waals surface area contributed by atoms with E-state index in [9.17, 15) is 0 Å². The Balaban J connectivity index is 2.87. The number of rotatable bonds is 2. The van der Waals surface area contributed by atoms with Crippen LogP contribution in [0.15, 0.2) is 6.20 Å². The fraction of sp³-hybridized carbons (Fsp3) is 0.500. The van der Waals surface area contributed by atoms with Crippen LogP contribution in [0.1, 0.15) is 6.92 Å². The zero-order valence-corrected chi connectivity index (χ0v) is 8.12. The van der Waals surface area contributed by atoms with Gasteiger partial charge in [-0.1, -0.05) is 0 Å². The molecule has 3 nitrogen and oxygen atoms in total. The highest BCUT2D eigenvalue weighted by Gasteiger charge is 2.04. The molecule has 10 heavy (non-hydrogen) atoms. The Hall–Kier alpha value is -0.260. The van der Waals surface area contributed by atoms with E-state index in [0.29, 0.717) is 6.61 Å². The summed E-state index contributed by atoms with van der Waals surface area (Å²) in [5, 5.41) is 4.02. The number of aromatic nitrogens is 2. The highest BCUT2D eigenvalue weighted by atomic mass is 127. The standard InChI is InChI=1S/C6H9IN2O/c1-3-10-6-5(7)4-8-9(6)2/h4H,3H2,1-2H3. The van der Waals surface area contributed by atoms with Crippen LogP contribution in [0.4, 0.5) is 0 Å². The quantitative estimate of drug-likeness (QED) is 0.744. The van der Waals surface area contributed by atoms with E-state index in [-0.39, 0.29) is 0 Å². The van der Waals surface area contributed by atoms with Crippen LogP contribution >= 0.6 is 22.6 Å². The summed E-state index contributed by atoms with van der Waals surface area (Å²) in [5.41, 5.74) is 0. The number of aryl methyl sites for hydroxylation is 1. The van der Waals surface area contributed by atoms with E-state index in [2.05, 4.69) is 27.7 Å². The zero-order chi connectivity index (χ0) is 7.56. The van der Waals surface area contributed by atoms with Crippen molar-refractivity contribution in [2.45, 2.75) is 6.92 Å². The maximum atomic E-state index is 5.30. The van der Waals surface area contributed by atoms with Crippen LogP contribution in [0.2, 0.25) is 0 Å². The van der Waals surface area contributed by atoms with E-state index in [4.69, 9.17) is 4.74 Å². The summed E-state index contributed by atoms with van der Waals surface area (Å²) in [4.78, 5) is 0. The summed E-state index contributed by atoms with van der Waals surface area (Å²) in [6.45, 7) is 2.65. The molecule has 1 rings (SSSR count). The molecular formula is C6H9IN2O. The fourth-order valence-electron chi connectivity index (χ4n) is 0.699. The Bertz CT molecular complexity index is 202. The second kappa shape index (κ2) is 3.23. The van der Waals surface area contributed by atoms with Crippen LogP contribution in [0.25, 0.3) is 0 Å². The maximum absolute atomic E-state index is 5.30. The molecule has 0 N–H and O–H groups in total. The Kier molecular flexibility index (Phi) is 2.53. The Morgan fingerprint density at radius 1 is 1.80 bits per heavy atom. The van der Waals surface area contributed by atoms with Crippen LogP contribution < -0.4 is 4.74 Å². The molecule has 0 aromatic carbocycles. The third-order valence-electron chi connectivity index (χ3n) is 1.12. The number of ether oxygens (including phenoxy) is 1. The molecule has 0 atom stereocenters. The van der Waals surface area contributed by atoms with Crippen molar-refractivity contribution in [3.63, 3.8) is 0 Å². The van der Waals surface area contributed by atoms with Crippen LogP contribution in [0.5, 0.6) is 5.88 Å². The number of hydrogen-bond donors (Lipinski definition) is 0. The summed E-state index contributed by atoms with van der Waals surface area (Å²) in [6.07, 6.45) is 1.78. The Morgan fingerprint density at radius 3 is 2.90 bits per heavy atom. The van der Waals surface area contributed by atoms with Crippen LogP contribution in [-0.2, 0) is 7.05 Å². The van der Waals surface area contributed by atoms with Gasteiger partial charge >= 0.3 is 0 Å². The van der Waals surface area contributed by atoms with Crippen LogP contribution in [0.3, 0.4) is 0 Å². The highest BCUT2D eigenvalue weighted by molar-refractivity contribution is 14.1. The molecule has 0 unspecified atom stereocenters. The first kappa shape index (κ1) is 7.84. The number of hydrogen-bond acceptors (Lipinski definition) is 2. The van der Waals surface area contributed by atoms with Crippen molar-refractivity contribution in [1.29, 1.82) is 0 Å². The summed E-state index contributed by atoms with van der Waals surface area (Å²) >= 11 is 2.20. The lowest BCUT2D eigenvalue weighted by Crippen LogP contribution is -1.99. The lowest BCUT2D eigenvalue weighted by molar-refractivity contribution is 0.307. The molecule has 0 fully saturated rings. The minimum absolute atomic E-state index is 0.690. The van der Waals surface area contributed by atoms with Gasteiger partial charge in [0.15, 0.2) is 0 Å². The summed E-state index contributed by atoms with van der Waals surface area (Å²) in [7, 11) is 1.87. The van der Waals surface area contributed by atoms with E-state index in [1.54, 1.807) is 10.9 Å². The van der Waals surface area contributed by atoms with Gasteiger partial charge in [-0.05, 0) is 29.5 Å². The molecule has 0 bridgehead atoms. The van der Waals surface area contributed by atoms with Gasteiger partial charge in [-0.15, -0.1) is 0 Å². The van der Waals surface area contributed by atoms with Crippen molar-refractivity contribution < 1.29 is 4.74 Å². The summed E-state index contributed by atoms with van der Waals surface area (Å²) in [5.74, 6) is 0.850. The van der Waals surface area contributed by atoms with Crippen LogP contribution in [0, 0.1) is 3.57 Å². The molecule has 1 heterocycles. The molecule has 56 valence electrons. The van der Waals surface area contributed by atoms with Crippen molar-refractivity contribution in [2.24, 2.45) is 7.05 Å². The number of nitrogens with zero attached hydrogens (tertiary/aromatic N) is 2. The molecule has 0 aliphatic rings. The predicted octanol–water partition coefficient (Wildman–Crippen LogP) is 1.42. The van der Waals surface area contributed by atoms with Crippen molar-refractivity contribution >= 4 is 22.6 Å². The molecule has 1 aromatic rings. The predicted molar refractivity (Wildman–Crippen MR) is 47.1 cm³/mol. The van der Waals surface area contributed by atoms with Gasteiger partial charge in [-0.2, -0.15) is 5.10 Å². The molecule has 1 aromatic heterocycles. The molecule has 0 amide bonds. The molecule has 0 saturated heterocycles. The SMILES string of the molecule is CCOc1c(I)cnn1C. The van der Waals surface area contributed by atoms with E-state index >= 15 is 0 Å². The van der Waals surface area contributed by atoms with Gasteiger partial charge in [-0.3, -0.25) is 0 Å². The lowest BCUT2D eigenvalue weighted by Gasteiger charge is -2.01. The van der Waals surface area contributed by atoms with Crippen molar-refractivity contribution in [3.8, 4) is 5.88 Å². The topological polar surface area (TPSA) is 27.1 Å². The Labute approximate surface area is 73.5 Å². The second-order valence-electron chi connectivity index (χ2n) is 1.85. The summed E-state index contributed by atoms with van der Waals surface area (Å²) in [6, 6.07) is 0. The van der Waals surface area contributed by atoms with Crippen LogP contribution in [-0.4, -0.2) is 16.4 Å². The molecule has 0 aliphatic carbocycles. The molecular weight excluding hydrogens is 243 g/mol. The van der Waals surface area contributed by atoms with E-state index < -0.39 is 0 Å². The first-order chi connectivity index (χ1) is 4.75. The molecule has 0 radical (unpaired) electrons. The van der Waals surface area contributed by atoms with Crippen molar-refractivity contribution in [1.82, 2.24) is 9.78 Å². The highest BCUT2D eigenvalue weighted by Crippen LogP contribution is 2.18. The molecule has 0 saturated carbocycles. The van der Waals surface area contributed by atoms with Gasteiger partial charge in [0.1, 0.15) is 0 Å². The second-order valence-corrected chi connectivity index (χ2v) is 3.02. The number of halogens is 1. The first-order valence-electron chi connectivity index (χ1n) is 3.06. The third kappa shape index (κ3) is 1.42. The van der Waals surface area contributed by atoms with E-state index in [1.165, 1.54) is 0 Å². The van der Waals surface area contributed by atoms with Gasteiger partial charge in [0, 0.05) is 7.05 Å². The smallest absolute Gasteiger partial charge is 0.225 e. The van der Waals surface area contributed by atoms with Crippen molar-refractivity contribution in [2.75, 3.05) is 6.61 Å². The average molecular weight is 252 g/mol. The molecule has 4 heteroatoms. The van der Waals surface area contributed by atoms with Gasteiger partial charge in [0.2, 0.25) is 5.88 Å². The maximum Gasteiger partial charge on any atom is 0.225 e. The zero-order valence-electron chi connectivity index (χ0n) is 5.97. The van der Waals surface area contributed by atoms with Gasteiger partial charge in [0.25, 0.3) is 0 Å².